The summed E-state index contributed by atoms with van der Waals surface area (Å²) < 4.78 is 5.66. The fraction of sp³-hybridized carbons (Fsp3) is 0.231. The summed E-state index contributed by atoms with van der Waals surface area (Å²) in [5.74, 6) is 1.60. The largest absolute Gasteiger partial charge is 0.494 e. The second-order valence-corrected chi connectivity index (χ2v) is 7.89. The van der Waals surface area contributed by atoms with Crippen LogP contribution < -0.4 is 20.7 Å². The molecular weight excluding hydrogens is 444 g/mol. The van der Waals surface area contributed by atoms with E-state index in [2.05, 4.69) is 30.9 Å². The summed E-state index contributed by atoms with van der Waals surface area (Å²) in [7, 11) is 0. The molecule has 4 aromatic rings. The molecule has 180 valence electrons. The Bertz CT molecular complexity index is 1270. The van der Waals surface area contributed by atoms with E-state index in [1.807, 2.05) is 60.7 Å². The predicted octanol–water partition coefficient (Wildman–Crippen LogP) is 3.37. The Balaban J connectivity index is 1.44. The summed E-state index contributed by atoms with van der Waals surface area (Å²) >= 11 is 0. The van der Waals surface area contributed by atoms with Gasteiger partial charge in [0.25, 0.3) is 5.91 Å². The smallest absolute Gasteiger partial charge is 0.267 e. The van der Waals surface area contributed by atoms with E-state index in [-0.39, 0.29) is 11.8 Å². The number of fused-ring (bicyclic) bond motifs is 1. The highest BCUT2D eigenvalue weighted by molar-refractivity contribution is 6.00. The number of H-pyrrole nitrogens is 1. The Morgan fingerprint density at radius 1 is 0.914 bits per heavy atom. The van der Waals surface area contributed by atoms with E-state index >= 15 is 0 Å². The van der Waals surface area contributed by atoms with E-state index in [0.717, 1.165) is 11.3 Å². The fourth-order valence-electron chi connectivity index (χ4n) is 3.48. The molecule has 0 aliphatic heterocycles. The van der Waals surface area contributed by atoms with Crippen LogP contribution >= 0.6 is 0 Å². The van der Waals surface area contributed by atoms with Crippen LogP contribution in [-0.4, -0.2) is 53.0 Å². The first-order valence-corrected chi connectivity index (χ1v) is 11.5. The van der Waals surface area contributed by atoms with Gasteiger partial charge in [0.15, 0.2) is 5.82 Å². The van der Waals surface area contributed by atoms with Gasteiger partial charge in [0.2, 0.25) is 5.91 Å². The van der Waals surface area contributed by atoms with Gasteiger partial charge in [-0.1, -0.05) is 48.5 Å². The molecule has 0 aliphatic carbocycles. The lowest BCUT2D eigenvalue weighted by atomic mass is 10.2. The van der Waals surface area contributed by atoms with Crippen molar-refractivity contribution in [3.05, 3.63) is 72.4 Å². The lowest BCUT2D eigenvalue weighted by Gasteiger charge is -2.09. The van der Waals surface area contributed by atoms with Crippen LogP contribution in [0.5, 0.6) is 5.75 Å². The van der Waals surface area contributed by atoms with Crippen LogP contribution in [0.15, 0.2) is 66.7 Å². The van der Waals surface area contributed by atoms with Crippen molar-refractivity contribution in [1.29, 1.82) is 0 Å². The first-order valence-electron chi connectivity index (χ1n) is 11.5. The number of hydrogen-bond acceptors (Lipinski definition) is 6. The summed E-state index contributed by atoms with van der Waals surface area (Å²) in [6, 6.07) is 20.9. The molecule has 0 saturated carbocycles. The number of aromatic amines is 1. The van der Waals surface area contributed by atoms with Crippen molar-refractivity contribution < 1.29 is 14.3 Å². The van der Waals surface area contributed by atoms with E-state index in [1.54, 1.807) is 6.07 Å². The number of benzene rings is 2. The fourth-order valence-corrected chi connectivity index (χ4v) is 3.48. The number of amides is 2. The molecule has 0 fully saturated rings. The molecule has 2 aromatic carbocycles. The lowest BCUT2D eigenvalue weighted by molar-refractivity contribution is -0.118. The second-order valence-electron chi connectivity index (χ2n) is 7.89. The zero-order valence-electron chi connectivity index (χ0n) is 19.5. The molecule has 2 heterocycles. The van der Waals surface area contributed by atoms with Crippen LogP contribution in [0.4, 0.5) is 5.82 Å². The summed E-state index contributed by atoms with van der Waals surface area (Å²) in [5, 5.41) is 9.61. The van der Waals surface area contributed by atoms with Crippen molar-refractivity contribution in [3.8, 4) is 17.1 Å². The second kappa shape index (κ2) is 11.6. The maximum absolute atomic E-state index is 12.7. The Morgan fingerprint density at radius 2 is 1.66 bits per heavy atom. The highest BCUT2D eigenvalue weighted by Gasteiger charge is 2.16. The first-order chi connectivity index (χ1) is 17.1. The van der Waals surface area contributed by atoms with Gasteiger partial charge in [0.05, 0.1) is 12.0 Å². The zero-order chi connectivity index (χ0) is 24.5. The van der Waals surface area contributed by atoms with Gasteiger partial charge in [-0.3, -0.25) is 9.59 Å². The molecule has 35 heavy (non-hydrogen) atoms. The molecule has 0 unspecified atom stereocenters. The molecule has 0 atom stereocenters. The Labute approximate surface area is 203 Å². The zero-order valence-corrected chi connectivity index (χ0v) is 19.5. The van der Waals surface area contributed by atoms with Crippen LogP contribution in [0.25, 0.3) is 22.4 Å². The standard InChI is InChI=1S/C26H28N6O3/c1-18(33)27-14-15-28-24-21-17-22(26(34)29-13-8-16-35-20-11-6-3-7-12-20)30-25(21)32-23(31-24)19-9-4-2-5-10-19/h2-7,9-12,17H,8,13-16H2,1H3,(H,27,33)(H,29,34)(H2,28,30,31,32). The van der Waals surface area contributed by atoms with Crippen LogP contribution in [0.2, 0.25) is 0 Å². The molecule has 2 amide bonds. The average Bonchev–Trinajstić information content (AvgIpc) is 3.32. The number of carbonyl (C=O) groups is 2. The molecule has 0 spiro atoms. The minimum Gasteiger partial charge on any atom is -0.494 e. The molecule has 4 N–H and O–H groups in total. The predicted molar refractivity (Wildman–Crippen MR) is 135 cm³/mol. The molecule has 0 radical (unpaired) electrons. The van der Waals surface area contributed by atoms with Gasteiger partial charge in [0.1, 0.15) is 22.9 Å². The van der Waals surface area contributed by atoms with Crippen LogP contribution in [0.1, 0.15) is 23.8 Å². The maximum Gasteiger partial charge on any atom is 0.267 e. The third-order valence-electron chi connectivity index (χ3n) is 5.17. The van der Waals surface area contributed by atoms with Crippen molar-refractivity contribution in [2.45, 2.75) is 13.3 Å². The van der Waals surface area contributed by atoms with E-state index in [9.17, 15) is 9.59 Å². The highest BCUT2D eigenvalue weighted by atomic mass is 16.5. The number of para-hydroxylation sites is 1. The Morgan fingerprint density at radius 3 is 2.40 bits per heavy atom. The van der Waals surface area contributed by atoms with Crippen molar-refractivity contribution in [2.75, 3.05) is 31.6 Å². The highest BCUT2D eigenvalue weighted by Crippen LogP contribution is 2.25. The first kappa shape index (κ1) is 23.7. The molecule has 4 rings (SSSR count). The van der Waals surface area contributed by atoms with E-state index in [0.29, 0.717) is 61.0 Å². The van der Waals surface area contributed by atoms with Gasteiger partial charge in [-0.05, 0) is 24.6 Å². The van der Waals surface area contributed by atoms with Crippen molar-refractivity contribution in [2.24, 2.45) is 0 Å². The number of nitrogens with zero attached hydrogens (tertiary/aromatic N) is 2. The van der Waals surface area contributed by atoms with Crippen molar-refractivity contribution in [3.63, 3.8) is 0 Å². The molecule has 0 aliphatic rings. The number of rotatable bonds is 11. The van der Waals surface area contributed by atoms with Gasteiger partial charge in [-0.15, -0.1) is 0 Å². The molecule has 0 saturated heterocycles. The Hall–Kier alpha value is -4.40. The number of anilines is 1. The topological polar surface area (TPSA) is 121 Å². The lowest BCUT2D eigenvalue weighted by Crippen LogP contribution is -2.26. The number of carbonyl (C=O) groups excluding carboxylic acids is 2. The van der Waals surface area contributed by atoms with Crippen molar-refractivity contribution >= 4 is 28.7 Å². The number of hydrogen-bond donors (Lipinski definition) is 4. The SMILES string of the molecule is CC(=O)NCCNc1nc(-c2ccccc2)nc2[nH]c(C(=O)NCCCOc3ccccc3)cc12. The molecule has 2 aromatic heterocycles. The quantitative estimate of drug-likeness (QED) is 0.248. The maximum atomic E-state index is 12.7. The average molecular weight is 473 g/mol. The Kier molecular flexibility index (Phi) is 7.90. The van der Waals surface area contributed by atoms with Crippen molar-refractivity contribution in [1.82, 2.24) is 25.6 Å². The molecular formula is C26H28N6O3. The van der Waals surface area contributed by atoms with Gasteiger partial charge in [-0.2, -0.15) is 0 Å². The van der Waals surface area contributed by atoms with E-state index in [4.69, 9.17) is 4.74 Å². The normalized spacial score (nSPS) is 10.7. The molecule has 9 nitrogen and oxygen atoms in total. The van der Waals surface area contributed by atoms with Crippen LogP contribution in [0, 0.1) is 0 Å². The number of ether oxygens (including phenoxy) is 1. The summed E-state index contributed by atoms with van der Waals surface area (Å²) in [5.41, 5.74) is 1.81. The summed E-state index contributed by atoms with van der Waals surface area (Å²) in [6.07, 6.45) is 0.675. The summed E-state index contributed by atoms with van der Waals surface area (Å²) in [6.45, 7) is 3.38. The van der Waals surface area contributed by atoms with E-state index < -0.39 is 0 Å². The van der Waals surface area contributed by atoms with Crippen LogP contribution in [0.3, 0.4) is 0 Å². The monoisotopic (exact) mass is 472 g/mol. The third kappa shape index (κ3) is 6.57. The van der Waals surface area contributed by atoms with Gasteiger partial charge >= 0.3 is 0 Å². The minimum absolute atomic E-state index is 0.0978. The van der Waals surface area contributed by atoms with Gasteiger partial charge < -0.3 is 25.7 Å². The number of nitrogens with one attached hydrogen (secondary N) is 4. The van der Waals surface area contributed by atoms with Gasteiger partial charge in [-0.25, -0.2) is 9.97 Å². The molecule has 9 heteroatoms. The summed E-state index contributed by atoms with van der Waals surface area (Å²) in [4.78, 5) is 36.3. The number of aromatic nitrogens is 3. The third-order valence-corrected chi connectivity index (χ3v) is 5.17. The van der Waals surface area contributed by atoms with E-state index in [1.165, 1.54) is 6.92 Å². The minimum atomic E-state index is -0.229. The molecule has 0 bridgehead atoms. The van der Waals surface area contributed by atoms with Gasteiger partial charge in [0, 0.05) is 32.1 Å². The van der Waals surface area contributed by atoms with Crippen LogP contribution in [-0.2, 0) is 4.79 Å².